The van der Waals surface area contributed by atoms with Crippen molar-refractivity contribution in [2.45, 2.75) is 64.9 Å². The zero-order chi connectivity index (χ0) is 12.2. The molecule has 94 valence electrons. The van der Waals surface area contributed by atoms with Crippen molar-refractivity contribution in [3.8, 4) is 0 Å². The topological polar surface area (TPSA) is 26.3 Å². The van der Waals surface area contributed by atoms with Crippen molar-refractivity contribution in [1.29, 1.82) is 0 Å². The van der Waals surface area contributed by atoms with Crippen molar-refractivity contribution in [2.75, 3.05) is 7.11 Å². The van der Waals surface area contributed by atoms with Crippen molar-refractivity contribution in [3.63, 3.8) is 0 Å². The van der Waals surface area contributed by atoms with Crippen LogP contribution in [-0.4, -0.2) is 18.5 Å². The monoisotopic (exact) mass is 226 g/mol. The summed E-state index contributed by atoms with van der Waals surface area (Å²) in [5, 5.41) is 0. The summed E-state index contributed by atoms with van der Waals surface area (Å²) in [4.78, 5) is 12.5. The van der Waals surface area contributed by atoms with Gasteiger partial charge in [0.05, 0.1) is 0 Å². The highest BCUT2D eigenvalue weighted by atomic mass is 16.5. The summed E-state index contributed by atoms with van der Waals surface area (Å²) in [6.45, 7) is 6.17. The highest BCUT2D eigenvalue weighted by Crippen LogP contribution is 2.36. The molecule has 0 aromatic heterocycles. The van der Waals surface area contributed by atoms with E-state index in [1.807, 2.05) is 13.8 Å². The van der Waals surface area contributed by atoms with E-state index in [1.165, 1.54) is 19.3 Å². The van der Waals surface area contributed by atoms with Gasteiger partial charge in [0.25, 0.3) is 0 Å². The Bertz CT molecular complexity index is 231. The Balaban J connectivity index is 2.77. The van der Waals surface area contributed by atoms with Gasteiger partial charge in [0.2, 0.25) is 0 Å². The van der Waals surface area contributed by atoms with Gasteiger partial charge in [-0.3, -0.25) is 4.79 Å². The molecule has 0 aromatic rings. The summed E-state index contributed by atoms with van der Waals surface area (Å²) in [6.07, 6.45) is 6.68. The predicted octanol–water partition coefficient (Wildman–Crippen LogP) is 3.59. The first kappa shape index (κ1) is 13.7. The Morgan fingerprint density at radius 3 is 2.44 bits per heavy atom. The highest BCUT2D eigenvalue weighted by molar-refractivity contribution is 5.89. The van der Waals surface area contributed by atoms with Crippen LogP contribution < -0.4 is 0 Å². The van der Waals surface area contributed by atoms with Crippen LogP contribution in [0, 0.1) is 11.8 Å². The first-order valence-electron chi connectivity index (χ1n) is 6.68. The van der Waals surface area contributed by atoms with Crippen LogP contribution in [-0.2, 0) is 9.53 Å². The average Bonchev–Trinajstić information content (AvgIpc) is 2.36. The Hall–Kier alpha value is -0.370. The second-order valence-corrected chi connectivity index (χ2v) is 5.21. The molecule has 0 N–H and O–H groups in total. The van der Waals surface area contributed by atoms with Crippen LogP contribution in [0.5, 0.6) is 0 Å². The minimum Gasteiger partial charge on any atom is -0.371 e. The minimum atomic E-state index is -0.560. The molecule has 0 radical (unpaired) electrons. The Labute approximate surface area is 99.8 Å². The molecule has 0 bridgehead atoms. The molecule has 2 nitrogen and oxygen atoms in total. The van der Waals surface area contributed by atoms with E-state index in [2.05, 4.69) is 6.92 Å². The molecule has 0 aromatic carbocycles. The van der Waals surface area contributed by atoms with Crippen LogP contribution in [0.3, 0.4) is 0 Å². The van der Waals surface area contributed by atoms with Crippen LogP contribution in [0.1, 0.15) is 59.3 Å². The molecule has 1 aliphatic rings. The first-order valence-corrected chi connectivity index (χ1v) is 6.68. The number of ketones is 1. The molecule has 1 aliphatic carbocycles. The number of hydrogen-bond acceptors (Lipinski definition) is 2. The molecule has 0 saturated heterocycles. The Morgan fingerprint density at radius 2 is 1.94 bits per heavy atom. The molecule has 3 atom stereocenters. The summed E-state index contributed by atoms with van der Waals surface area (Å²) in [5.74, 6) is 1.16. The molecule has 0 heterocycles. The van der Waals surface area contributed by atoms with Gasteiger partial charge in [0.15, 0.2) is 5.78 Å². The van der Waals surface area contributed by atoms with Gasteiger partial charge in [0, 0.05) is 13.0 Å². The molecule has 1 rings (SSSR count). The molecular formula is C14H26O2. The third-order valence-electron chi connectivity index (χ3n) is 4.42. The molecule has 1 saturated carbocycles. The number of Topliss-reactive ketones (excluding diaryl/α,β-unsaturated/α-hetero) is 1. The van der Waals surface area contributed by atoms with Gasteiger partial charge in [-0.1, -0.05) is 33.1 Å². The van der Waals surface area contributed by atoms with Crippen LogP contribution >= 0.6 is 0 Å². The van der Waals surface area contributed by atoms with Gasteiger partial charge in [-0.2, -0.15) is 0 Å². The minimum absolute atomic E-state index is 0.239. The first-order chi connectivity index (χ1) is 7.59. The second kappa shape index (κ2) is 5.81. The van der Waals surface area contributed by atoms with Crippen LogP contribution in [0.2, 0.25) is 0 Å². The van der Waals surface area contributed by atoms with Crippen molar-refractivity contribution in [2.24, 2.45) is 11.8 Å². The summed E-state index contributed by atoms with van der Waals surface area (Å²) in [5.41, 5.74) is -0.560. The number of ether oxygens (including phenoxy) is 1. The van der Waals surface area contributed by atoms with Crippen molar-refractivity contribution >= 4 is 5.78 Å². The summed E-state index contributed by atoms with van der Waals surface area (Å²) >= 11 is 0. The number of hydrogen-bond donors (Lipinski definition) is 0. The maximum atomic E-state index is 12.5. The van der Waals surface area contributed by atoms with Gasteiger partial charge in [-0.15, -0.1) is 0 Å². The summed E-state index contributed by atoms with van der Waals surface area (Å²) < 4.78 is 5.45. The molecule has 1 fully saturated rings. The fourth-order valence-corrected chi connectivity index (χ4v) is 2.85. The van der Waals surface area contributed by atoms with Gasteiger partial charge >= 0.3 is 0 Å². The largest absolute Gasteiger partial charge is 0.371 e. The molecule has 0 aliphatic heterocycles. The SMILES string of the molecule is CCC1CCCCC1C(=O)C(C)(CC)OC. The third kappa shape index (κ3) is 2.65. The maximum Gasteiger partial charge on any atom is 0.167 e. The fraction of sp³-hybridized carbons (Fsp3) is 0.929. The lowest BCUT2D eigenvalue weighted by Crippen LogP contribution is -2.44. The lowest BCUT2D eigenvalue weighted by atomic mass is 9.71. The molecular weight excluding hydrogens is 200 g/mol. The normalized spacial score (nSPS) is 29.8. The van der Waals surface area contributed by atoms with Crippen molar-refractivity contribution < 1.29 is 9.53 Å². The van der Waals surface area contributed by atoms with E-state index in [1.54, 1.807) is 7.11 Å². The van der Waals surface area contributed by atoms with E-state index >= 15 is 0 Å². The average molecular weight is 226 g/mol. The molecule has 2 heteroatoms. The van der Waals surface area contributed by atoms with E-state index in [0.717, 1.165) is 19.3 Å². The third-order valence-corrected chi connectivity index (χ3v) is 4.42. The number of carbonyl (C=O) groups excluding carboxylic acids is 1. The van der Waals surface area contributed by atoms with E-state index < -0.39 is 5.60 Å². The quantitative estimate of drug-likeness (QED) is 0.716. The number of rotatable bonds is 5. The highest BCUT2D eigenvalue weighted by Gasteiger charge is 2.40. The zero-order valence-corrected chi connectivity index (χ0v) is 11.2. The predicted molar refractivity (Wildman–Crippen MR) is 66.5 cm³/mol. The van der Waals surface area contributed by atoms with E-state index in [9.17, 15) is 4.79 Å². The fourth-order valence-electron chi connectivity index (χ4n) is 2.85. The van der Waals surface area contributed by atoms with E-state index in [4.69, 9.17) is 4.74 Å². The summed E-state index contributed by atoms with van der Waals surface area (Å²) in [6, 6.07) is 0. The Morgan fingerprint density at radius 1 is 1.31 bits per heavy atom. The van der Waals surface area contributed by atoms with Crippen molar-refractivity contribution in [1.82, 2.24) is 0 Å². The smallest absolute Gasteiger partial charge is 0.167 e. The van der Waals surface area contributed by atoms with Crippen LogP contribution in [0.25, 0.3) is 0 Å². The lowest BCUT2D eigenvalue weighted by molar-refractivity contribution is -0.146. The van der Waals surface area contributed by atoms with Gasteiger partial charge in [0.1, 0.15) is 5.60 Å². The zero-order valence-electron chi connectivity index (χ0n) is 11.2. The van der Waals surface area contributed by atoms with Gasteiger partial charge < -0.3 is 4.74 Å². The van der Waals surface area contributed by atoms with E-state index in [0.29, 0.717) is 11.7 Å². The second-order valence-electron chi connectivity index (χ2n) is 5.21. The van der Waals surface area contributed by atoms with Crippen molar-refractivity contribution in [3.05, 3.63) is 0 Å². The molecule has 16 heavy (non-hydrogen) atoms. The number of methoxy groups -OCH3 is 1. The van der Waals surface area contributed by atoms with Crippen LogP contribution in [0.4, 0.5) is 0 Å². The lowest BCUT2D eigenvalue weighted by Gasteiger charge is -2.36. The van der Waals surface area contributed by atoms with Crippen LogP contribution in [0.15, 0.2) is 0 Å². The molecule has 3 unspecified atom stereocenters. The van der Waals surface area contributed by atoms with Gasteiger partial charge in [-0.25, -0.2) is 0 Å². The standard InChI is InChI=1S/C14H26O2/c1-5-11-9-7-8-10-12(11)13(15)14(3,6-2)16-4/h11-12H,5-10H2,1-4H3. The maximum absolute atomic E-state index is 12.5. The molecule has 0 amide bonds. The number of carbonyl (C=O) groups is 1. The van der Waals surface area contributed by atoms with E-state index in [-0.39, 0.29) is 5.92 Å². The molecule has 0 spiro atoms. The Kier molecular flexibility index (Phi) is 4.97. The summed E-state index contributed by atoms with van der Waals surface area (Å²) in [7, 11) is 1.66. The van der Waals surface area contributed by atoms with Gasteiger partial charge in [-0.05, 0) is 32.1 Å².